The van der Waals surface area contributed by atoms with Crippen LogP contribution in [0.3, 0.4) is 0 Å². The highest BCUT2D eigenvalue weighted by Crippen LogP contribution is 2.51. The van der Waals surface area contributed by atoms with E-state index in [4.69, 9.17) is 4.74 Å². The van der Waals surface area contributed by atoms with E-state index in [9.17, 15) is 4.79 Å². The molecule has 6 heteroatoms. The Balaban J connectivity index is 1.51. The molecular weight excluding hydrogens is 346 g/mol. The zero-order chi connectivity index (χ0) is 17.5. The van der Waals surface area contributed by atoms with Gasteiger partial charge in [-0.25, -0.2) is 9.89 Å². The van der Waals surface area contributed by atoms with Crippen LogP contribution in [0.15, 0.2) is 58.5 Å². The summed E-state index contributed by atoms with van der Waals surface area (Å²) >= 11 is 1.63. The molecule has 0 bridgehead atoms. The molecule has 1 aromatic heterocycles. The summed E-state index contributed by atoms with van der Waals surface area (Å²) in [5.74, 6) is 0. The molecule has 0 saturated carbocycles. The Bertz CT molecular complexity index is 959. The molecule has 1 aliphatic carbocycles. The predicted molar refractivity (Wildman–Crippen MR) is 101 cm³/mol. The summed E-state index contributed by atoms with van der Waals surface area (Å²) < 4.78 is 7.43. The standard InChI is InChI=1S/C20H19N3O2S/c24-19-21-22-20(23(19)12-13-6-5-11-25-13)26-18-16-9-3-1-7-14(16)15-8-2-4-10-17(15)18/h1-4,7-10,13,18H,5-6,11-12H2,(H,21,24)/t13-/m1/s1. The van der Waals surface area contributed by atoms with Crippen molar-refractivity contribution in [2.75, 3.05) is 6.61 Å². The normalized spacial score (nSPS) is 18.8. The van der Waals surface area contributed by atoms with Crippen molar-refractivity contribution in [1.82, 2.24) is 14.8 Å². The van der Waals surface area contributed by atoms with E-state index in [2.05, 4.69) is 58.7 Å². The second kappa shape index (κ2) is 6.45. The lowest BCUT2D eigenvalue weighted by atomic mass is 10.1. The maximum Gasteiger partial charge on any atom is 0.344 e. The highest BCUT2D eigenvalue weighted by atomic mass is 32.2. The second-order valence-electron chi connectivity index (χ2n) is 6.73. The number of rotatable bonds is 4. The summed E-state index contributed by atoms with van der Waals surface area (Å²) in [6.45, 7) is 1.34. The van der Waals surface area contributed by atoms with Crippen LogP contribution in [-0.2, 0) is 11.3 Å². The molecule has 5 rings (SSSR count). The third kappa shape index (κ3) is 2.61. The first-order valence-electron chi connectivity index (χ1n) is 8.93. The van der Waals surface area contributed by atoms with Gasteiger partial charge >= 0.3 is 5.69 Å². The SMILES string of the molecule is O=c1[nH]nc(SC2c3ccccc3-c3ccccc32)n1C[C@H]1CCCO1. The Morgan fingerprint density at radius 3 is 2.46 bits per heavy atom. The van der Waals surface area contributed by atoms with Crippen LogP contribution in [0.4, 0.5) is 0 Å². The Morgan fingerprint density at radius 2 is 1.81 bits per heavy atom. The molecule has 2 aliphatic rings. The molecule has 1 saturated heterocycles. The quantitative estimate of drug-likeness (QED) is 0.767. The number of fused-ring (bicyclic) bond motifs is 3. The lowest BCUT2D eigenvalue weighted by Gasteiger charge is -2.15. The van der Waals surface area contributed by atoms with Crippen molar-refractivity contribution in [2.24, 2.45) is 0 Å². The van der Waals surface area contributed by atoms with Crippen molar-refractivity contribution in [2.45, 2.75) is 35.9 Å². The van der Waals surface area contributed by atoms with E-state index in [-0.39, 0.29) is 17.0 Å². The molecule has 0 radical (unpaired) electrons. The third-order valence-electron chi connectivity index (χ3n) is 5.13. The summed E-state index contributed by atoms with van der Waals surface area (Å²) in [6.07, 6.45) is 2.16. The van der Waals surface area contributed by atoms with Crippen LogP contribution < -0.4 is 5.69 Å². The number of nitrogens with one attached hydrogen (secondary N) is 1. The van der Waals surface area contributed by atoms with E-state index in [1.54, 1.807) is 16.3 Å². The number of H-pyrrole nitrogens is 1. The van der Waals surface area contributed by atoms with E-state index >= 15 is 0 Å². The molecule has 26 heavy (non-hydrogen) atoms. The van der Waals surface area contributed by atoms with Gasteiger partial charge in [-0.3, -0.25) is 4.57 Å². The van der Waals surface area contributed by atoms with E-state index < -0.39 is 0 Å². The summed E-state index contributed by atoms with van der Waals surface area (Å²) in [7, 11) is 0. The molecule has 1 atom stereocenters. The summed E-state index contributed by atoms with van der Waals surface area (Å²) in [5, 5.41) is 7.78. The largest absolute Gasteiger partial charge is 0.376 e. The van der Waals surface area contributed by atoms with Gasteiger partial charge in [0.2, 0.25) is 0 Å². The van der Waals surface area contributed by atoms with Gasteiger partial charge in [0.15, 0.2) is 5.16 Å². The van der Waals surface area contributed by atoms with Gasteiger partial charge in [-0.2, -0.15) is 0 Å². The molecule has 1 aliphatic heterocycles. The van der Waals surface area contributed by atoms with Crippen LogP contribution in [0, 0.1) is 0 Å². The van der Waals surface area contributed by atoms with Crippen LogP contribution in [0.25, 0.3) is 11.1 Å². The second-order valence-corrected chi connectivity index (χ2v) is 7.80. The number of benzene rings is 2. The van der Waals surface area contributed by atoms with Gasteiger partial charge < -0.3 is 4.74 Å². The molecule has 2 heterocycles. The fourth-order valence-electron chi connectivity index (χ4n) is 3.89. The average molecular weight is 365 g/mol. The third-order valence-corrected chi connectivity index (χ3v) is 6.40. The molecule has 0 amide bonds. The van der Waals surface area contributed by atoms with Crippen LogP contribution in [0.1, 0.15) is 29.2 Å². The summed E-state index contributed by atoms with van der Waals surface area (Å²) in [4.78, 5) is 12.3. The van der Waals surface area contributed by atoms with E-state index in [1.807, 2.05) is 0 Å². The molecular formula is C20H19N3O2S. The fourth-order valence-corrected chi connectivity index (χ4v) is 5.15. The van der Waals surface area contributed by atoms with Crippen molar-refractivity contribution >= 4 is 11.8 Å². The number of hydrogen-bond acceptors (Lipinski definition) is 4. The molecule has 132 valence electrons. The van der Waals surface area contributed by atoms with E-state index in [0.717, 1.165) is 24.6 Å². The van der Waals surface area contributed by atoms with Gasteiger partial charge in [0, 0.05) is 6.61 Å². The lowest BCUT2D eigenvalue weighted by molar-refractivity contribution is 0.0941. The van der Waals surface area contributed by atoms with Gasteiger partial charge in [-0.1, -0.05) is 60.3 Å². The average Bonchev–Trinajstić information content (AvgIpc) is 3.38. The van der Waals surface area contributed by atoms with Gasteiger partial charge in [0.1, 0.15) is 0 Å². The molecule has 2 aromatic carbocycles. The van der Waals surface area contributed by atoms with Gasteiger partial charge in [0.05, 0.1) is 17.9 Å². The Hall–Kier alpha value is -2.31. The van der Waals surface area contributed by atoms with Crippen molar-refractivity contribution < 1.29 is 4.74 Å². The topological polar surface area (TPSA) is 59.9 Å². The first-order chi connectivity index (χ1) is 12.8. The minimum atomic E-state index is -0.164. The van der Waals surface area contributed by atoms with Gasteiger partial charge in [-0.15, -0.1) is 5.10 Å². The molecule has 0 spiro atoms. The van der Waals surface area contributed by atoms with E-state index in [0.29, 0.717) is 6.54 Å². The Morgan fingerprint density at radius 1 is 1.12 bits per heavy atom. The highest BCUT2D eigenvalue weighted by molar-refractivity contribution is 7.99. The molecule has 3 aromatic rings. The van der Waals surface area contributed by atoms with Crippen molar-refractivity contribution in [3.05, 3.63) is 70.1 Å². The number of hydrogen-bond donors (Lipinski definition) is 1. The van der Waals surface area contributed by atoms with Crippen LogP contribution in [0.5, 0.6) is 0 Å². The number of aromatic nitrogens is 3. The van der Waals surface area contributed by atoms with Crippen molar-refractivity contribution in [1.29, 1.82) is 0 Å². The fraction of sp³-hybridized carbons (Fsp3) is 0.300. The van der Waals surface area contributed by atoms with Crippen LogP contribution in [0.2, 0.25) is 0 Å². The van der Waals surface area contributed by atoms with Gasteiger partial charge in [-0.05, 0) is 35.1 Å². The highest BCUT2D eigenvalue weighted by Gasteiger charge is 2.31. The molecule has 5 nitrogen and oxygen atoms in total. The lowest BCUT2D eigenvalue weighted by Crippen LogP contribution is -2.25. The Kier molecular flexibility index (Phi) is 3.94. The van der Waals surface area contributed by atoms with Crippen molar-refractivity contribution in [3.63, 3.8) is 0 Å². The molecule has 0 unspecified atom stereocenters. The maximum atomic E-state index is 12.3. The summed E-state index contributed by atoms with van der Waals surface area (Å²) in [6, 6.07) is 17.0. The first kappa shape index (κ1) is 15.9. The number of ether oxygens (including phenoxy) is 1. The minimum absolute atomic E-state index is 0.104. The zero-order valence-corrected chi connectivity index (χ0v) is 15.0. The monoisotopic (exact) mass is 365 g/mol. The predicted octanol–water partition coefficient (Wildman–Crippen LogP) is 3.61. The maximum absolute atomic E-state index is 12.3. The van der Waals surface area contributed by atoms with Crippen LogP contribution in [-0.4, -0.2) is 27.5 Å². The smallest absolute Gasteiger partial charge is 0.344 e. The van der Waals surface area contributed by atoms with Crippen LogP contribution >= 0.6 is 11.8 Å². The minimum Gasteiger partial charge on any atom is -0.376 e. The number of aromatic amines is 1. The number of thioether (sulfide) groups is 1. The van der Waals surface area contributed by atoms with E-state index in [1.165, 1.54) is 22.3 Å². The van der Waals surface area contributed by atoms with Crippen molar-refractivity contribution in [3.8, 4) is 11.1 Å². The van der Waals surface area contributed by atoms with Gasteiger partial charge in [0.25, 0.3) is 0 Å². The zero-order valence-electron chi connectivity index (χ0n) is 14.2. The first-order valence-corrected chi connectivity index (χ1v) is 9.81. The molecule has 1 N–H and O–H groups in total. The Labute approximate surface area is 155 Å². The number of nitrogens with zero attached hydrogens (tertiary/aromatic N) is 2. The summed E-state index contributed by atoms with van der Waals surface area (Å²) in [5.41, 5.74) is 4.92. The molecule has 1 fully saturated rings.